The van der Waals surface area contributed by atoms with Crippen LogP contribution in [-0.4, -0.2) is 27.3 Å². The minimum absolute atomic E-state index is 0.0813. The van der Waals surface area contributed by atoms with Gasteiger partial charge >= 0.3 is 5.97 Å². The zero-order valence-electron chi connectivity index (χ0n) is 19.8. The van der Waals surface area contributed by atoms with E-state index in [2.05, 4.69) is 10.3 Å². The standard InChI is InChI=1S/C28H25N3O4S/c1-17(2)34-21-12-10-20(11-13-21)31-26(25(30-28(31)36)22-5-3-4-16-29-22)24-15-14-23(35-24)18-6-8-19(9-7-18)27(32)33/h3-17,25-26H,1-2H3,(H,30,36)(H,32,33)/t25-,26-/m1/s1. The highest BCUT2D eigenvalue weighted by Crippen LogP contribution is 2.43. The number of rotatable bonds is 7. The molecule has 0 aliphatic carbocycles. The largest absolute Gasteiger partial charge is 0.491 e. The van der Waals surface area contributed by atoms with Crippen LogP contribution in [0.2, 0.25) is 0 Å². The first-order valence-electron chi connectivity index (χ1n) is 11.6. The summed E-state index contributed by atoms with van der Waals surface area (Å²) < 4.78 is 12.1. The monoisotopic (exact) mass is 499 g/mol. The van der Waals surface area contributed by atoms with Crippen LogP contribution in [-0.2, 0) is 0 Å². The van der Waals surface area contributed by atoms with Crippen LogP contribution in [0.1, 0.15) is 47.7 Å². The van der Waals surface area contributed by atoms with Crippen molar-refractivity contribution in [2.75, 3.05) is 4.90 Å². The van der Waals surface area contributed by atoms with Gasteiger partial charge in [0.1, 0.15) is 23.3 Å². The molecule has 4 aromatic rings. The number of carboxylic acids is 1. The van der Waals surface area contributed by atoms with Gasteiger partial charge in [0.25, 0.3) is 0 Å². The first-order chi connectivity index (χ1) is 17.4. The van der Waals surface area contributed by atoms with Crippen molar-refractivity contribution in [2.45, 2.75) is 32.0 Å². The number of hydrogen-bond acceptors (Lipinski definition) is 5. The average Bonchev–Trinajstić information content (AvgIpc) is 3.49. The zero-order valence-corrected chi connectivity index (χ0v) is 20.6. The molecule has 0 saturated carbocycles. The molecule has 0 spiro atoms. The Hall–Kier alpha value is -4.17. The summed E-state index contributed by atoms with van der Waals surface area (Å²) in [6, 6.07) is 23.5. The molecule has 2 atom stereocenters. The van der Waals surface area contributed by atoms with Gasteiger partial charge in [-0.1, -0.05) is 18.2 Å². The normalized spacial score (nSPS) is 17.3. The van der Waals surface area contributed by atoms with Crippen molar-refractivity contribution in [1.29, 1.82) is 0 Å². The molecule has 1 fully saturated rings. The SMILES string of the molecule is CC(C)Oc1ccc(N2C(=S)N[C@H](c3ccccn3)[C@H]2c2ccc(-c3ccc(C(=O)O)cc3)o2)cc1. The lowest BCUT2D eigenvalue weighted by Gasteiger charge is -2.26. The Morgan fingerprint density at radius 2 is 1.81 bits per heavy atom. The molecule has 0 radical (unpaired) electrons. The number of furan rings is 1. The number of nitrogens with one attached hydrogen (secondary N) is 1. The molecular weight excluding hydrogens is 474 g/mol. The Morgan fingerprint density at radius 3 is 2.44 bits per heavy atom. The summed E-state index contributed by atoms with van der Waals surface area (Å²) in [4.78, 5) is 17.8. The summed E-state index contributed by atoms with van der Waals surface area (Å²) in [5.74, 6) is 1.17. The number of benzene rings is 2. The third-order valence-corrected chi connectivity index (χ3v) is 6.23. The molecule has 3 heterocycles. The maximum absolute atomic E-state index is 11.2. The van der Waals surface area contributed by atoms with Gasteiger partial charge in [0.2, 0.25) is 0 Å². The lowest BCUT2D eigenvalue weighted by molar-refractivity contribution is 0.0697. The number of carboxylic acid groups (broad SMARTS) is 1. The van der Waals surface area contributed by atoms with Crippen LogP contribution in [0, 0.1) is 0 Å². The van der Waals surface area contributed by atoms with E-state index in [1.807, 2.05) is 73.3 Å². The van der Waals surface area contributed by atoms with Gasteiger partial charge in [-0.05, 0) is 86.7 Å². The van der Waals surface area contributed by atoms with Crippen LogP contribution in [0.4, 0.5) is 5.69 Å². The van der Waals surface area contributed by atoms with Crippen LogP contribution in [0.15, 0.2) is 89.5 Å². The summed E-state index contributed by atoms with van der Waals surface area (Å²) in [6.07, 6.45) is 1.84. The molecule has 0 unspecified atom stereocenters. The molecule has 2 aromatic carbocycles. The van der Waals surface area contributed by atoms with Gasteiger partial charge in [-0.25, -0.2) is 4.79 Å². The van der Waals surface area contributed by atoms with Crippen LogP contribution in [0.25, 0.3) is 11.3 Å². The summed E-state index contributed by atoms with van der Waals surface area (Å²) in [7, 11) is 0. The number of anilines is 1. The van der Waals surface area contributed by atoms with E-state index in [9.17, 15) is 9.90 Å². The highest BCUT2D eigenvalue weighted by atomic mass is 32.1. The van der Waals surface area contributed by atoms with E-state index < -0.39 is 5.97 Å². The molecule has 2 N–H and O–H groups in total. The van der Waals surface area contributed by atoms with E-state index in [4.69, 9.17) is 21.4 Å². The summed E-state index contributed by atoms with van der Waals surface area (Å²) in [5.41, 5.74) is 2.75. The quantitative estimate of drug-likeness (QED) is 0.299. The molecule has 2 aromatic heterocycles. The van der Waals surface area contributed by atoms with Crippen molar-refractivity contribution in [3.63, 3.8) is 0 Å². The van der Waals surface area contributed by atoms with Crippen molar-refractivity contribution in [1.82, 2.24) is 10.3 Å². The number of ether oxygens (including phenoxy) is 1. The molecule has 36 heavy (non-hydrogen) atoms. The number of thiocarbonyl (C=S) groups is 1. The van der Waals surface area contributed by atoms with Gasteiger partial charge < -0.3 is 24.5 Å². The van der Waals surface area contributed by atoms with Crippen LogP contribution in [0.5, 0.6) is 5.75 Å². The molecule has 0 bridgehead atoms. The fourth-order valence-electron chi connectivity index (χ4n) is 4.32. The van der Waals surface area contributed by atoms with Crippen molar-refractivity contribution in [3.8, 4) is 17.1 Å². The number of aromatic nitrogens is 1. The van der Waals surface area contributed by atoms with E-state index in [0.717, 1.165) is 22.7 Å². The Labute approximate surface area is 214 Å². The lowest BCUT2D eigenvalue weighted by atomic mass is 10.0. The molecule has 1 aliphatic rings. The van der Waals surface area contributed by atoms with Crippen LogP contribution < -0.4 is 15.0 Å². The van der Waals surface area contributed by atoms with Gasteiger partial charge in [-0.2, -0.15) is 0 Å². The fourth-order valence-corrected chi connectivity index (χ4v) is 4.67. The summed E-state index contributed by atoms with van der Waals surface area (Å²) in [5, 5.41) is 13.2. The average molecular weight is 500 g/mol. The highest BCUT2D eigenvalue weighted by molar-refractivity contribution is 7.80. The lowest BCUT2D eigenvalue weighted by Crippen LogP contribution is -2.29. The Bertz CT molecular complexity index is 1370. The highest BCUT2D eigenvalue weighted by Gasteiger charge is 2.42. The molecule has 1 aliphatic heterocycles. The summed E-state index contributed by atoms with van der Waals surface area (Å²) in [6.45, 7) is 3.98. The maximum Gasteiger partial charge on any atom is 0.335 e. The van der Waals surface area contributed by atoms with Crippen molar-refractivity contribution < 1.29 is 19.1 Å². The smallest absolute Gasteiger partial charge is 0.335 e. The molecule has 8 heteroatoms. The maximum atomic E-state index is 11.2. The van der Waals surface area contributed by atoms with Gasteiger partial charge in [-0.15, -0.1) is 0 Å². The Balaban J connectivity index is 1.52. The minimum atomic E-state index is -0.967. The van der Waals surface area contributed by atoms with Crippen LogP contribution in [0.3, 0.4) is 0 Å². The zero-order chi connectivity index (χ0) is 25.2. The topological polar surface area (TPSA) is 87.8 Å². The summed E-state index contributed by atoms with van der Waals surface area (Å²) >= 11 is 5.78. The minimum Gasteiger partial charge on any atom is -0.491 e. The number of carbonyl (C=O) groups is 1. The molecule has 1 saturated heterocycles. The van der Waals surface area contributed by atoms with E-state index >= 15 is 0 Å². The number of pyridine rings is 1. The van der Waals surface area contributed by atoms with E-state index in [1.165, 1.54) is 0 Å². The van der Waals surface area contributed by atoms with E-state index in [0.29, 0.717) is 16.6 Å². The van der Waals surface area contributed by atoms with Crippen molar-refractivity contribution >= 4 is 29.0 Å². The fraction of sp³-hybridized carbons (Fsp3) is 0.179. The van der Waals surface area contributed by atoms with E-state index in [1.54, 1.807) is 30.5 Å². The first kappa shape index (κ1) is 23.6. The predicted octanol–water partition coefficient (Wildman–Crippen LogP) is 6.00. The third kappa shape index (κ3) is 4.67. The van der Waals surface area contributed by atoms with Gasteiger partial charge in [0.05, 0.1) is 23.4 Å². The number of aromatic carboxylic acids is 1. The first-order valence-corrected chi connectivity index (χ1v) is 12.0. The molecule has 5 rings (SSSR count). The Morgan fingerprint density at radius 1 is 1.06 bits per heavy atom. The van der Waals surface area contributed by atoms with E-state index in [-0.39, 0.29) is 23.8 Å². The van der Waals surface area contributed by atoms with Crippen molar-refractivity contribution in [3.05, 3.63) is 102 Å². The van der Waals surface area contributed by atoms with Gasteiger partial charge in [0, 0.05) is 17.4 Å². The third-order valence-electron chi connectivity index (χ3n) is 5.92. The van der Waals surface area contributed by atoms with Crippen LogP contribution >= 0.6 is 12.2 Å². The molecular formula is C28H25N3O4S. The second-order valence-corrected chi connectivity index (χ2v) is 9.13. The second kappa shape index (κ2) is 9.83. The number of nitrogens with zero attached hydrogens (tertiary/aromatic N) is 2. The molecule has 7 nitrogen and oxygen atoms in total. The number of hydrogen-bond donors (Lipinski definition) is 2. The predicted molar refractivity (Wildman–Crippen MR) is 141 cm³/mol. The second-order valence-electron chi connectivity index (χ2n) is 8.74. The van der Waals surface area contributed by atoms with Gasteiger partial charge in [-0.3, -0.25) is 4.98 Å². The van der Waals surface area contributed by atoms with Gasteiger partial charge in [0.15, 0.2) is 5.11 Å². The Kier molecular flexibility index (Phi) is 6.43. The molecule has 182 valence electrons. The molecule has 0 amide bonds. The van der Waals surface area contributed by atoms with Crippen molar-refractivity contribution in [2.24, 2.45) is 0 Å².